The lowest BCUT2D eigenvalue weighted by Crippen LogP contribution is -2.08. The van der Waals surface area contributed by atoms with Crippen molar-refractivity contribution < 1.29 is 4.74 Å². The molecule has 0 spiro atoms. The number of nitrogens with zero attached hydrogens (tertiary/aromatic N) is 1. The molecule has 0 aliphatic heterocycles. The van der Waals surface area contributed by atoms with Crippen LogP contribution in [0.25, 0.3) is 11.1 Å². The van der Waals surface area contributed by atoms with E-state index in [0.717, 1.165) is 16.9 Å². The third-order valence-electron chi connectivity index (χ3n) is 2.51. The first-order valence-electron chi connectivity index (χ1n) is 5.87. The fraction of sp³-hybridized carbons (Fsp3) is 0.286. The first-order chi connectivity index (χ1) is 8.56. The Kier molecular flexibility index (Phi) is 3.46. The van der Waals surface area contributed by atoms with E-state index in [2.05, 4.69) is 9.97 Å². The van der Waals surface area contributed by atoms with E-state index in [4.69, 9.17) is 4.74 Å². The lowest BCUT2D eigenvalue weighted by atomic mass is 10.1. The molecule has 1 N–H and O–H groups in total. The van der Waals surface area contributed by atoms with Crippen LogP contribution in [0.1, 0.15) is 19.4 Å². The normalized spacial score (nSPS) is 10.7. The van der Waals surface area contributed by atoms with Crippen molar-refractivity contribution in [2.45, 2.75) is 26.9 Å². The fourth-order valence-electron chi connectivity index (χ4n) is 1.68. The van der Waals surface area contributed by atoms with Crippen molar-refractivity contribution >= 4 is 0 Å². The molecular formula is C14H16N2O2. The lowest BCUT2D eigenvalue weighted by Gasteiger charge is -2.10. The van der Waals surface area contributed by atoms with E-state index in [9.17, 15) is 4.79 Å². The highest BCUT2D eigenvalue weighted by atomic mass is 16.5. The summed E-state index contributed by atoms with van der Waals surface area (Å²) in [6.45, 7) is 5.72. The monoisotopic (exact) mass is 244 g/mol. The highest BCUT2D eigenvalue weighted by molar-refractivity contribution is 5.63. The first kappa shape index (κ1) is 12.4. The van der Waals surface area contributed by atoms with Crippen molar-refractivity contribution in [3.63, 3.8) is 0 Å². The van der Waals surface area contributed by atoms with Gasteiger partial charge < -0.3 is 9.72 Å². The SMILES string of the molecule is Cc1cc(-c2cncc(OC(C)C)c2)c[nH]c1=O. The minimum atomic E-state index is -0.0682. The van der Waals surface area contributed by atoms with Crippen LogP contribution in [0.5, 0.6) is 5.75 Å². The molecule has 0 aromatic carbocycles. The first-order valence-corrected chi connectivity index (χ1v) is 5.87. The van der Waals surface area contributed by atoms with Gasteiger partial charge >= 0.3 is 0 Å². The fourth-order valence-corrected chi connectivity index (χ4v) is 1.68. The van der Waals surface area contributed by atoms with Crippen LogP contribution in [0, 0.1) is 6.92 Å². The Morgan fingerprint density at radius 1 is 1.22 bits per heavy atom. The zero-order valence-electron chi connectivity index (χ0n) is 10.7. The van der Waals surface area contributed by atoms with E-state index in [1.165, 1.54) is 0 Å². The summed E-state index contributed by atoms with van der Waals surface area (Å²) in [5, 5.41) is 0. The summed E-state index contributed by atoms with van der Waals surface area (Å²) in [5.41, 5.74) is 2.46. The summed E-state index contributed by atoms with van der Waals surface area (Å²) in [6.07, 6.45) is 5.23. The molecule has 0 fully saturated rings. The van der Waals surface area contributed by atoms with E-state index in [-0.39, 0.29) is 11.7 Å². The Morgan fingerprint density at radius 3 is 2.67 bits per heavy atom. The molecule has 4 nitrogen and oxygen atoms in total. The predicted octanol–water partition coefficient (Wildman–Crippen LogP) is 2.53. The number of H-pyrrole nitrogens is 1. The average Bonchev–Trinajstić information content (AvgIpc) is 2.32. The standard InChI is InChI=1S/C14H16N2O2/c1-9(2)18-13-5-12(6-15-8-13)11-4-10(3)14(17)16-7-11/h4-9H,1-3H3,(H,16,17). The molecule has 2 heterocycles. The van der Waals surface area contributed by atoms with Crippen LogP contribution in [0.3, 0.4) is 0 Å². The molecular weight excluding hydrogens is 228 g/mol. The van der Waals surface area contributed by atoms with Crippen molar-refractivity contribution in [2.75, 3.05) is 0 Å². The van der Waals surface area contributed by atoms with Gasteiger partial charge in [-0.1, -0.05) is 0 Å². The van der Waals surface area contributed by atoms with Crippen LogP contribution in [0.2, 0.25) is 0 Å². The van der Waals surface area contributed by atoms with Gasteiger partial charge in [-0.25, -0.2) is 0 Å². The van der Waals surface area contributed by atoms with E-state index in [1.807, 2.05) is 26.0 Å². The maximum atomic E-state index is 11.3. The zero-order valence-corrected chi connectivity index (χ0v) is 10.7. The molecule has 0 bridgehead atoms. The maximum Gasteiger partial charge on any atom is 0.250 e. The van der Waals surface area contributed by atoms with Gasteiger partial charge in [-0.2, -0.15) is 0 Å². The number of aromatic amines is 1. The van der Waals surface area contributed by atoms with Gasteiger partial charge in [0.05, 0.1) is 12.3 Å². The third kappa shape index (κ3) is 2.77. The topological polar surface area (TPSA) is 55.0 Å². The molecule has 94 valence electrons. The summed E-state index contributed by atoms with van der Waals surface area (Å²) in [6, 6.07) is 3.76. The molecule has 0 radical (unpaired) electrons. The van der Waals surface area contributed by atoms with Gasteiger partial charge in [-0.3, -0.25) is 9.78 Å². The van der Waals surface area contributed by atoms with Gasteiger partial charge in [0, 0.05) is 23.5 Å². The van der Waals surface area contributed by atoms with Crippen molar-refractivity contribution in [1.82, 2.24) is 9.97 Å². The number of hydrogen-bond donors (Lipinski definition) is 1. The van der Waals surface area contributed by atoms with Crippen molar-refractivity contribution in [3.05, 3.63) is 46.6 Å². The molecule has 0 saturated heterocycles. The number of pyridine rings is 2. The molecule has 0 aliphatic rings. The molecule has 18 heavy (non-hydrogen) atoms. The molecule has 0 unspecified atom stereocenters. The van der Waals surface area contributed by atoms with Gasteiger partial charge in [-0.15, -0.1) is 0 Å². The highest BCUT2D eigenvalue weighted by Gasteiger charge is 2.04. The van der Waals surface area contributed by atoms with Gasteiger partial charge in [-0.05, 0) is 38.5 Å². The van der Waals surface area contributed by atoms with Gasteiger partial charge in [0.25, 0.3) is 5.56 Å². The molecule has 2 aromatic heterocycles. The van der Waals surface area contributed by atoms with Crippen LogP contribution in [0.4, 0.5) is 0 Å². The summed E-state index contributed by atoms with van der Waals surface area (Å²) < 4.78 is 5.60. The lowest BCUT2D eigenvalue weighted by molar-refractivity contribution is 0.241. The second kappa shape index (κ2) is 5.04. The van der Waals surface area contributed by atoms with Crippen LogP contribution in [-0.2, 0) is 0 Å². The summed E-state index contributed by atoms with van der Waals surface area (Å²) in [5.74, 6) is 0.728. The average molecular weight is 244 g/mol. The highest BCUT2D eigenvalue weighted by Crippen LogP contribution is 2.22. The molecule has 0 aliphatic carbocycles. The van der Waals surface area contributed by atoms with Crippen LogP contribution >= 0.6 is 0 Å². The summed E-state index contributed by atoms with van der Waals surface area (Å²) in [4.78, 5) is 18.2. The molecule has 2 aromatic rings. The number of aryl methyl sites for hydroxylation is 1. The number of aromatic nitrogens is 2. The Morgan fingerprint density at radius 2 is 2.00 bits per heavy atom. The molecule has 4 heteroatoms. The predicted molar refractivity (Wildman–Crippen MR) is 70.8 cm³/mol. The largest absolute Gasteiger partial charge is 0.489 e. The quantitative estimate of drug-likeness (QED) is 0.902. The minimum Gasteiger partial charge on any atom is -0.489 e. The zero-order chi connectivity index (χ0) is 13.1. The Balaban J connectivity index is 2.38. The smallest absolute Gasteiger partial charge is 0.250 e. The van der Waals surface area contributed by atoms with Gasteiger partial charge in [0.15, 0.2) is 0 Å². The van der Waals surface area contributed by atoms with Crippen LogP contribution < -0.4 is 10.3 Å². The van der Waals surface area contributed by atoms with Gasteiger partial charge in [0.1, 0.15) is 5.75 Å². The van der Waals surface area contributed by atoms with E-state index in [1.54, 1.807) is 25.5 Å². The second-order valence-corrected chi connectivity index (χ2v) is 4.48. The Labute approximate surface area is 106 Å². The summed E-state index contributed by atoms with van der Waals surface area (Å²) in [7, 11) is 0. The van der Waals surface area contributed by atoms with Crippen molar-refractivity contribution in [1.29, 1.82) is 0 Å². The number of nitrogens with one attached hydrogen (secondary N) is 1. The molecule has 2 rings (SSSR count). The van der Waals surface area contributed by atoms with E-state index in [0.29, 0.717) is 5.56 Å². The van der Waals surface area contributed by atoms with Gasteiger partial charge in [0.2, 0.25) is 0 Å². The number of hydrogen-bond acceptors (Lipinski definition) is 3. The second-order valence-electron chi connectivity index (χ2n) is 4.48. The van der Waals surface area contributed by atoms with Crippen LogP contribution in [0.15, 0.2) is 35.5 Å². The van der Waals surface area contributed by atoms with Crippen molar-refractivity contribution in [3.8, 4) is 16.9 Å². The Bertz CT molecular complexity index is 603. The Hall–Kier alpha value is -2.10. The van der Waals surface area contributed by atoms with E-state index >= 15 is 0 Å². The molecule has 0 saturated carbocycles. The maximum absolute atomic E-state index is 11.3. The molecule has 0 atom stereocenters. The summed E-state index contributed by atoms with van der Waals surface area (Å²) >= 11 is 0. The number of ether oxygens (including phenoxy) is 1. The molecule has 0 amide bonds. The van der Waals surface area contributed by atoms with Crippen LogP contribution in [-0.4, -0.2) is 16.1 Å². The number of rotatable bonds is 3. The van der Waals surface area contributed by atoms with E-state index < -0.39 is 0 Å². The third-order valence-corrected chi connectivity index (χ3v) is 2.51. The van der Waals surface area contributed by atoms with Crippen molar-refractivity contribution in [2.24, 2.45) is 0 Å². The minimum absolute atomic E-state index is 0.0682.